The average Bonchev–Trinajstić information content (AvgIpc) is 3.06. The number of hydrogen-bond acceptors (Lipinski definition) is 5. The van der Waals surface area contributed by atoms with Crippen LogP contribution in [0.4, 0.5) is 0 Å². The van der Waals surface area contributed by atoms with Gasteiger partial charge < -0.3 is 14.6 Å². The summed E-state index contributed by atoms with van der Waals surface area (Å²) in [5.74, 6) is 0.973. The first kappa shape index (κ1) is 19.1. The van der Waals surface area contributed by atoms with Gasteiger partial charge in [0.15, 0.2) is 0 Å². The molecule has 0 atom stereocenters. The maximum Gasteiger partial charge on any atom is 0.492 e. The predicted molar refractivity (Wildman–Crippen MR) is 107 cm³/mol. The minimum Gasteiger partial charge on any atom is -0.423 e. The molecule has 2 aliphatic rings. The normalized spacial score (nSPS) is 16.1. The molecule has 0 unspecified atom stereocenters. The van der Waals surface area contributed by atoms with Gasteiger partial charge in [0, 0.05) is 43.1 Å². The molecule has 0 saturated carbocycles. The van der Waals surface area contributed by atoms with E-state index >= 15 is 0 Å². The molecule has 7 heteroatoms. The van der Waals surface area contributed by atoms with Crippen LogP contribution in [0.25, 0.3) is 0 Å². The van der Waals surface area contributed by atoms with Gasteiger partial charge in [-0.15, -0.1) is 0 Å². The Morgan fingerprint density at radius 2 is 2.14 bits per heavy atom. The molecular formula is C21H26BN3O3. The Kier molecular flexibility index (Phi) is 4.97. The van der Waals surface area contributed by atoms with Crippen LogP contribution in [0.3, 0.4) is 0 Å². The fraction of sp³-hybridized carbons (Fsp3) is 0.476. The molecule has 0 spiro atoms. The number of nitrogens with zero attached hydrogens (tertiary/aromatic N) is 3. The van der Waals surface area contributed by atoms with Gasteiger partial charge in [0.2, 0.25) is 5.91 Å². The van der Waals surface area contributed by atoms with Crippen LogP contribution in [0.5, 0.6) is 0 Å². The molecule has 0 bridgehead atoms. The number of carbonyl (C=O) groups excluding carboxylic acids is 1. The minimum absolute atomic E-state index is 0.0772. The van der Waals surface area contributed by atoms with Gasteiger partial charge in [-0.25, -0.2) is 9.97 Å². The number of rotatable bonds is 3. The molecule has 4 rings (SSSR count). The lowest BCUT2D eigenvalue weighted by molar-refractivity contribution is -0.132. The average molecular weight is 379 g/mol. The molecule has 0 fully saturated rings. The van der Waals surface area contributed by atoms with Gasteiger partial charge in [-0.2, -0.15) is 0 Å². The topological polar surface area (TPSA) is 75.6 Å². The van der Waals surface area contributed by atoms with Crippen LogP contribution in [0.2, 0.25) is 0 Å². The first-order chi connectivity index (χ1) is 13.3. The van der Waals surface area contributed by atoms with Gasteiger partial charge in [0.1, 0.15) is 5.82 Å². The van der Waals surface area contributed by atoms with Gasteiger partial charge in [-0.1, -0.05) is 39.0 Å². The van der Waals surface area contributed by atoms with Crippen molar-refractivity contribution in [2.75, 3.05) is 6.54 Å². The number of amides is 1. The Balaban J connectivity index is 1.42. The Labute approximate surface area is 166 Å². The molecule has 6 nitrogen and oxygen atoms in total. The highest BCUT2D eigenvalue weighted by Crippen LogP contribution is 2.23. The summed E-state index contributed by atoms with van der Waals surface area (Å²) in [4.78, 5) is 23.9. The van der Waals surface area contributed by atoms with E-state index in [1.54, 1.807) is 0 Å². The monoisotopic (exact) mass is 379 g/mol. The first-order valence-corrected chi connectivity index (χ1v) is 9.86. The molecule has 1 amide bonds. The summed E-state index contributed by atoms with van der Waals surface area (Å²) < 4.78 is 5.31. The third kappa shape index (κ3) is 3.69. The molecule has 146 valence electrons. The number of hydrogen-bond donors (Lipinski definition) is 1. The quantitative estimate of drug-likeness (QED) is 0.819. The lowest BCUT2D eigenvalue weighted by Gasteiger charge is -2.29. The maximum atomic E-state index is 12.8. The minimum atomic E-state index is -0.877. The van der Waals surface area contributed by atoms with Crippen LogP contribution in [-0.4, -0.2) is 39.5 Å². The van der Waals surface area contributed by atoms with Crippen molar-refractivity contribution in [2.45, 2.75) is 58.6 Å². The van der Waals surface area contributed by atoms with Crippen LogP contribution in [0, 0.1) is 0 Å². The zero-order chi connectivity index (χ0) is 19.9. The van der Waals surface area contributed by atoms with Gasteiger partial charge in [0.05, 0.1) is 12.3 Å². The van der Waals surface area contributed by atoms with Crippen molar-refractivity contribution in [2.24, 2.45) is 0 Å². The maximum absolute atomic E-state index is 12.8. The van der Waals surface area contributed by atoms with Crippen molar-refractivity contribution in [1.29, 1.82) is 0 Å². The van der Waals surface area contributed by atoms with E-state index in [4.69, 9.17) is 9.64 Å². The van der Waals surface area contributed by atoms with Crippen LogP contribution in [-0.2, 0) is 40.9 Å². The smallest absolute Gasteiger partial charge is 0.423 e. The van der Waals surface area contributed by atoms with Crippen molar-refractivity contribution < 1.29 is 14.5 Å². The fourth-order valence-corrected chi connectivity index (χ4v) is 3.87. The van der Waals surface area contributed by atoms with Crippen LogP contribution < -0.4 is 5.46 Å². The molecule has 3 heterocycles. The van der Waals surface area contributed by atoms with E-state index in [1.807, 2.05) is 29.3 Å². The van der Waals surface area contributed by atoms with Gasteiger partial charge in [-0.05, 0) is 23.0 Å². The van der Waals surface area contributed by atoms with Crippen molar-refractivity contribution in [3.8, 4) is 0 Å². The Morgan fingerprint density at radius 3 is 2.93 bits per heavy atom. The first-order valence-electron chi connectivity index (χ1n) is 9.86. The van der Waals surface area contributed by atoms with Gasteiger partial charge in [-0.3, -0.25) is 4.79 Å². The van der Waals surface area contributed by atoms with Crippen LogP contribution in [0.15, 0.2) is 24.4 Å². The summed E-state index contributed by atoms with van der Waals surface area (Å²) in [6, 6.07) is 5.89. The second kappa shape index (κ2) is 7.30. The van der Waals surface area contributed by atoms with Gasteiger partial charge in [0.25, 0.3) is 0 Å². The number of aryl methyl sites for hydroxylation is 1. The number of fused-ring (bicyclic) bond motifs is 2. The molecule has 0 saturated heterocycles. The number of aromatic nitrogens is 2. The third-order valence-corrected chi connectivity index (χ3v) is 5.50. The molecule has 0 radical (unpaired) electrons. The van der Waals surface area contributed by atoms with Crippen molar-refractivity contribution in [3.05, 3.63) is 52.6 Å². The summed E-state index contributed by atoms with van der Waals surface area (Å²) >= 11 is 0. The molecule has 0 aliphatic carbocycles. The van der Waals surface area contributed by atoms with E-state index < -0.39 is 7.12 Å². The number of carbonyl (C=O) groups is 1. The van der Waals surface area contributed by atoms with Crippen molar-refractivity contribution in [1.82, 2.24) is 14.9 Å². The summed E-state index contributed by atoms with van der Waals surface area (Å²) in [6.45, 7) is 8.00. The second-order valence-electron chi connectivity index (χ2n) is 8.63. The number of benzene rings is 1. The van der Waals surface area contributed by atoms with E-state index in [9.17, 15) is 9.82 Å². The molecule has 1 N–H and O–H groups in total. The largest absolute Gasteiger partial charge is 0.492 e. The van der Waals surface area contributed by atoms with E-state index in [1.165, 1.54) is 0 Å². The highest BCUT2D eigenvalue weighted by molar-refractivity contribution is 6.62. The molecule has 1 aromatic carbocycles. The second-order valence-corrected chi connectivity index (χ2v) is 8.63. The van der Waals surface area contributed by atoms with E-state index in [2.05, 4.69) is 25.8 Å². The zero-order valence-corrected chi connectivity index (χ0v) is 16.7. The highest BCUT2D eigenvalue weighted by atomic mass is 16.5. The standard InChI is InChI=1S/C21H26BN3O3/c1-21(2,3)20-23-11-16-12-25(10-9-17(16)24-20)18(26)8-7-14-5-4-6-15-13-28-22(27)19(14)15/h4-6,11,27H,7-10,12-13H2,1-3H3. The van der Waals surface area contributed by atoms with Gasteiger partial charge >= 0.3 is 7.12 Å². The molecule has 28 heavy (non-hydrogen) atoms. The Hall–Kier alpha value is -2.25. The van der Waals surface area contributed by atoms with E-state index in [-0.39, 0.29) is 11.3 Å². The van der Waals surface area contributed by atoms with E-state index in [0.29, 0.717) is 32.5 Å². The van der Waals surface area contributed by atoms with Crippen molar-refractivity contribution >= 4 is 18.5 Å². The Bertz CT molecular complexity index is 910. The zero-order valence-electron chi connectivity index (χ0n) is 16.7. The summed E-state index contributed by atoms with van der Waals surface area (Å²) in [5, 5.41) is 10.0. The summed E-state index contributed by atoms with van der Waals surface area (Å²) in [6.07, 6.45) is 3.66. The van der Waals surface area contributed by atoms with E-state index in [0.717, 1.165) is 40.1 Å². The fourth-order valence-electron chi connectivity index (χ4n) is 3.87. The van der Waals surface area contributed by atoms with Crippen LogP contribution in [0.1, 0.15) is 55.4 Å². The summed E-state index contributed by atoms with van der Waals surface area (Å²) in [7, 11) is -0.877. The molecule has 2 aliphatic heterocycles. The predicted octanol–water partition coefficient (Wildman–Crippen LogP) is 1.51. The third-order valence-electron chi connectivity index (χ3n) is 5.50. The van der Waals surface area contributed by atoms with Crippen LogP contribution >= 0.6 is 0 Å². The SMILES string of the molecule is CC(C)(C)c1ncc2c(n1)CCN(C(=O)CCc1cccc3c1B(O)OC3)C2. The molecular weight excluding hydrogens is 353 g/mol. The summed E-state index contributed by atoms with van der Waals surface area (Å²) in [5.41, 5.74) is 4.86. The lowest BCUT2D eigenvalue weighted by atomic mass is 9.75. The molecule has 1 aromatic heterocycles. The Morgan fingerprint density at radius 1 is 1.32 bits per heavy atom. The van der Waals surface area contributed by atoms with Crippen molar-refractivity contribution in [3.63, 3.8) is 0 Å². The molecule has 2 aromatic rings. The highest BCUT2D eigenvalue weighted by Gasteiger charge is 2.30. The lowest BCUT2D eigenvalue weighted by Crippen LogP contribution is -2.37.